The molecule has 7 heteroatoms. The molecule has 1 aliphatic heterocycles. The normalized spacial score (nSPS) is 17.3. The van der Waals surface area contributed by atoms with Crippen LogP contribution in [0, 0.1) is 0 Å². The van der Waals surface area contributed by atoms with Crippen LogP contribution in [0.25, 0.3) is 0 Å². The number of dihydropyridines is 1. The van der Waals surface area contributed by atoms with Gasteiger partial charge in [-0.3, -0.25) is 0 Å². The van der Waals surface area contributed by atoms with Crippen LogP contribution in [0.3, 0.4) is 0 Å². The summed E-state index contributed by atoms with van der Waals surface area (Å²) in [5, 5.41) is 3.78. The number of allylic oxidation sites excluding steroid dienone is 2. The molecule has 1 atom stereocenters. The molecule has 0 aliphatic carbocycles. The molecule has 25 heavy (non-hydrogen) atoms. The average molecular weight is 384 g/mol. The van der Waals surface area contributed by atoms with Crippen LogP contribution in [0.15, 0.2) is 40.7 Å². The lowest BCUT2D eigenvalue weighted by Crippen LogP contribution is -2.32. The third kappa shape index (κ3) is 3.83. The Labute approximate surface area is 156 Å². The van der Waals surface area contributed by atoms with E-state index in [9.17, 15) is 9.59 Å². The van der Waals surface area contributed by atoms with Gasteiger partial charge in [-0.15, -0.1) is 0 Å². The highest BCUT2D eigenvalue weighted by Gasteiger charge is 2.37. The van der Waals surface area contributed by atoms with Crippen molar-refractivity contribution in [3.8, 4) is 0 Å². The number of ether oxygens (including phenoxy) is 2. The molecule has 0 spiro atoms. The van der Waals surface area contributed by atoms with Crippen LogP contribution in [0.1, 0.15) is 32.3 Å². The summed E-state index contributed by atoms with van der Waals surface area (Å²) in [6, 6.07) is 5.00. The first-order valence-corrected chi connectivity index (χ1v) is 8.46. The van der Waals surface area contributed by atoms with Crippen molar-refractivity contribution in [3.63, 3.8) is 0 Å². The second kappa shape index (κ2) is 7.93. The summed E-state index contributed by atoms with van der Waals surface area (Å²) < 4.78 is 10.1. The Morgan fingerprint density at radius 3 is 2.20 bits per heavy atom. The zero-order chi connectivity index (χ0) is 18.7. The van der Waals surface area contributed by atoms with Gasteiger partial charge in [0.05, 0.1) is 40.8 Å². The lowest BCUT2D eigenvalue weighted by molar-refractivity contribution is -0.139. The van der Waals surface area contributed by atoms with Gasteiger partial charge < -0.3 is 14.8 Å². The third-order valence-corrected chi connectivity index (χ3v) is 4.68. The van der Waals surface area contributed by atoms with Crippen LogP contribution in [0.4, 0.5) is 0 Å². The topological polar surface area (TPSA) is 64.6 Å². The first-order chi connectivity index (χ1) is 11.8. The molecule has 1 aliphatic rings. The van der Waals surface area contributed by atoms with Gasteiger partial charge in [-0.25, -0.2) is 9.59 Å². The zero-order valence-electron chi connectivity index (χ0n) is 14.4. The van der Waals surface area contributed by atoms with Gasteiger partial charge in [0.25, 0.3) is 0 Å². The summed E-state index contributed by atoms with van der Waals surface area (Å²) in [5.41, 5.74) is 2.53. The molecule has 134 valence electrons. The van der Waals surface area contributed by atoms with E-state index in [1.54, 1.807) is 39.0 Å². The van der Waals surface area contributed by atoms with E-state index in [4.69, 9.17) is 32.7 Å². The number of carbonyl (C=O) groups is 2. The van der Waals surface area contributed by atoms with Gasteiger partial charge in [-0.2, -0.15) is 0 Å². The molecule has 0 saturated carbocycles. The molecule has 1 heterocycles. The van der Waals surface area contributed by atoms with Gasteiger partial charge >= 0.3 is 11.9 Å². The van der Waals surface area contributed by atoms with E-state index in [1.165, 1.54) is 7.11 Å². The second-order valence-electron chi connectivity index (χ2n) is 5.52. The Bertz CT molecular complexity index is 783. The number of carbonyl (C=O) groups excluding carboxylic acids is 2. The maximum atomic E-state index is 12.6. The number of methoxy groups -OCH3 is 1. The van der Waals surface area contributed by atoms with E-state index >= 15 is 0 Å². The predicted molar refractivity (Wildman–Crippen MR) is 96.4 cm³/mol. The lowest BCUT2D eigenvalue weighted by atomic mass is 9.80. The quantitative estimate of drug-likeness (QED) is 0.796. The van der Waals surface area contributed by atoms with Gasteiger partial charge in [0.1, 0.15) is 0 Å². The van der Waals surface area contributed by atoms with Crippen molar-refractivity contribution in [2.24, 2.45) is 0 Å². The molecule has 1 aromatic rings. The SMILES string of the molecule is CCOC(=O)C1=C(C)NC(C)=C(C(=O)OC)[C@@H]1c1ccc(Cl)c(Cl)c1. The molecule has 0 saturated heterocycles. The Morgan fingerprint density at radius 1 is 1.08 bits per heavy atom. The molecule has 5 nitrogen and oxygen atoms in total. The van der Waals surface area contributed by atoms with E-state index in [0.717, 1.165) is 0 Å². The first-order valence-electron chi connectivity index (χ1n) is 7.70. The van der Waals surface area contributed by atoms with Crippen molar-refractivity contribution in [1.82, 2.24) is 5.32 Å². The van der Waals surface area contributed by atoms with Crippen LogP contribution in [-0.4, -0.2) is 25.7 Å². The number of hydrogen-bond donors (Lipinski definition) is 1. The van der Waals surface area contributed by atoms with Crippen molar-refractivity contribution < 1.29 is 19.1 Å². The number of hydrogen-bond acceptors (Lipinski definition) is 5. The standard InChI is InChI=1S/C18H19Cl2NO4/c1-5-25-18(23)15-10(3)21-9(2)14(17(22)24-4)16(15)11-6-7-12(19)13(20)8-11/h6-8,16,21H,5H2,1-4H3/t16-/m0/s1. The lowest BCUT2D eigenvalue weighted by Gasteiger charge is -2.30. The van der Waals surface area contributed by atoms with Crippen molar-refractivity contribution in [2.75, 3.05) is 13.7 Å². The summed E-state index contributed by atoms with van der Waals surface area (Å²) in [6.45, 7) is 5.46. The highest BCUT2D eigenvalue weighted by molar-refractivity contribution is 6.42. The van der Waals surface area contributed by atoms with Crippen LogP contribution < -0.4 is 5.32 Å². The van der Waals surface area contributed by atoms with Crippen molar-refractivity contribution in [3.05, 3.63) is 56.3 Å². The number of nitrogens with one attached hydrogen (secondary N) is 1. The van der Waals surface area contributed by atoms with E-state index in [1.807, 2.05) is 0 Å². The van der Waals surface area contributed by atoms with Crippen LogP contribution in [0.2, 0.25) is 10.0 Å². The average Bonchev–Trinajstić information content (AvgIpc) is 2.56. The zero-order valence-corrected chi connectivity index (χ0v) is 15.9. The van der Waals surface area contributed by atoms with Gasteiger partial charge in [0.2, 0.25) is 0 Å². The molecule has 0 fully saturated rings. The molecule has 0 amide bonds. The predicted octanol–water partition coefficient (Wildman–Crippen LogP) is 3.96. The summed E-state index contributed by atoms with van der Waals surface area (Å²) >= 11 is 12.1. The number of rotatable bonds is 4. The van der Waals surface area contributed by atoms with Crippen LogP contribution in [0.5, 0.6) is 0 Å². The third-order valence-electron chi connectivity index (χ3n) is 3.94. The maximum absolute atomic E-state index is 12.6. The van der Waals surface area contributed by atoms with Gasteiger partial charge in [-0.1, -0.05) is 29.3 Å². The Balaban J connectivity index is 2.68. The van der Waals surface area contributed by atoms with Crippen molar-refractivity contribution in [2.45, 2.75) is 26.7 Å². The van der Waals surface area contributed by atoms with E-state index in [-0.39, 0.29) is 6.61 Å². The largest absolute Gasteiger partial charge is 0.466 e. The molecule has 1 N–H and O–H groups in total. The maximum Gasteiger partial charge on any atom is 0.336 e. The summed E-state index contributed by atoms with van der Waals surface area (Å²) in [5.74, 6) is -1.70. The number of benzene rings is 1. The fraction of sp³-hybridized carbons (Fsp3) is 0.333. The summed E-state index contributed by atoms with van der Waals surface area (Å²) in [4.78, 5) is 24.9. The second-order valence-corrected chi connectivity index (χ2v) is 6.34. The minimum Gasteiger partial charge on any atom is -0.466 e. The van der Waals surface area contributed by atoms with Gasteiger partial charge in [0.15, 0.2) is 0 Å². The van der Waals surface area contributed by atoms with E-state index in [0.29, 0.717) is 38.1 Å². The molecular formula is C18H19Cl2NO4. The van der Waals surface area contributed by atoms with E-state index in [2.05, 4.69) is 5.32 Å². The highest BCUT2D eigenvalue weighted by atomic mass is 35.5. The minimum absolute atomic E-state index is 0.222. The number of esters is 2. The van der Waals surface area contributed by atoms with Crippen molar-refractivity contribution >= 4 is 35.1 Å². The fourth-order valence-corrected chi connectivity index (χ4v) is 3.19. The molecule has 0 aromatic heterocycles. The molecule has 0 bridgehead atoms. The van der Waals surface area contributed by atoms with Crippen LogP contribution in [-0.2, 0) is 19.1 Å². The molecule has 0 unspecified atom stereocenters. The number of halogens is 2. The summed E-state index contributed by atoms with van der Waals surface area (Å²) in [6.07, 6.45) is 0. The smallest absolute Gasteiger partial charge is 0.336 e. The van der Waals surface area contributed by atoms with Crippen LogP contribution >= 0.6 is 23.2 Å². The fourth-order valence-electron chi connectivity index (χ4n) is 2.88. The molecular weight excluding hydrogens is 365 g/mol. The molecule has 1 aromatic carbocycles. The Morgan fingerprint density at radius 2 is 1.68 bits per heavy atom. The monoisotopic (exact) mass is 383 g/mol. The first kappa shape index (κ1) is 19.3. The van der Waals surface area contributed by atoms with E-state index < -0.39 is 17.9 Å². The van der Waals surface area contributed by atoms with Gasteiger partial charge in [0, 0.05) is 11.4 Å². The highest BCUT2D eigenvalue weighted by Crippen LogP contribution is 2.40. The Kier molecular flexibility index (Phi) is 6.14. The summed E-state index contributed by atoms with van der Waals surface area (Å²) in [7, 11) is 1.30. The molecule has 2 rings (SSSR count). The minimum atomic E-state index is -0.664. The van der Waals surface area contributed by atoms with Crippen molar-refractivity contribution in [1.29, 1.82) is 0 Å². The molecule has 0 radical (unpaired) electrons. The Hall–Kier alpha value is -1.98. The van der Waals surface area contributed by atoms with Gasteiger partial charge in [-0.05, 0) is 38.5 Å².